The Bertz CT molecular complexity index is 367. The molecule has 0 aliphatic heterocycles. The summed E-state index contributed by atoms with van der Waals surface area (Å²) in [5.74, 6) is 6.35. The van der Waals surface area contributed by atoms with Gasteiger partial charge in [0, 0.05) is 24.7 Å². The topological polar surface area (TPSA) is 49.6 Å². The molecule has 0 amide bonds. The van der Waals surface area contributed by atoms with Crippen LogP contribution >= 0.6 is 11.6 Å². The van der Waals surface area contributed by atoms with Crippen LogP contribution in [-0.2, 0) is 0 Å². The van der Waals surface area contributed by atoms with E-state index in [9.17, 15) is 0 Å². The molecule has 1 aromatic rings. The first-order chi connectivity index (χ1) is 6.36. The molecule has 0 saturated carbocycles. The lowest BCUT2D eigenvalue weighted by Gasteiger charge is -1.87. The van der Waals surface area contributed by atoms with E-state index in [0.29, 0.717) is 17.9 Å². The Morgan fingerprint density at radius 3 is 2.62 bits per heavy atom. The second kappa shape index (κ2) is 5.13. The van der Waals surface area contributed by atoms with Gasteiger partial charge in [0.05, 0.1) is 5.56 Å². The molecule has 0 atom stereocenters. The lowest BCUT2D eigenvalue weighted by Crippen LogP contribution is -1.88. The minimum atomic E-state index is 0.155. The first-order valence-electron chi connectivity index (χ1n) is 3.64. The quantitative estimate of drug-likeness (QED) is 0.497. The van der Waals surface area contributed by atoms with Gasteiger partial charge < -0.3 is 0 Å². The smallest absolute Gasteiger partial charge is 0.226 e. The van der Waals surface area contributed by atoms with Crippen LogP contribution in [0, 0.1) is 23.2 Å². The maximum absolute atomic E-state index is 8.41. The molecule has 0 fully saturated rings. The third-order valence-corrected chi connectivity index (χ3v) is 1.39. The summed E-state index contributed by atoms with van der Waals surface area (Å²) in [5, 5.41) is 8.41. The highest BCUT2D eigenvalue weighted by Gasteiger charge is 1.91. The summed E-state index contributed by atoms with van der Waals surface area (Å²) in [6, 6.07) is 1.83. The summed E-state index contributed by atoms with van der Waals surface area (Å²) in [7, 11) is 0. The number of hydrogen-bond acceptors (Lipinski definition) is 3. The van der Waals surface area contributed by atoms with Crippen molar-refractivity contribution in [2.75, 3.05) is 5.88 Å². The molecule has 0 radical (unpaired) electrons. The fourth-order valence-electron chi connectivity index (χ4n) is 0.662. The number of hydrogen-bond donors (Lipinski definition) is 0. The number of rotatable bonds is 1. The zero-order valence-corrected chi connectivity index (χ0v) is 7.54. The van der Waals surface area contributed by atoms with Gasteiger partial charge in [0.2, 0.25) is 5.82 Å². The highest BCUT2D eigenvalue weighted by atomic mass is 35.5. The van der Waals surface area contributed by atoms with E-state index in [2.05, 4.69) is 21.8 Å². The summed E-state index contributed by atoms with van der Waals surface area (Å²) in [6.45, 7) is 0. The van der Waals surface area contributed by atoms with Crippen molar-refractivity contribution in [3.05, 3.63) is 23.8 Å². The van der Waals surface area contributed by atoms with Gasteiger partial charge >= 0.3 is 0 Å². The van der Waals surface area contributed by atoms with Gasteiger partial charge in [0.25, 0.3) is 0 Å². The zero-order valence-electron chi connectivity index (χ0n) is 6.79. The summed E-state index contributed by atoms with van der Waals surface area (Å²) in [6.07, 6.45) is 3.68. The Kier molecular flexibility index (Phi) is 3.75. The van der Waals surface area contributed by atoms with E-state index < -0.39 is 0 Å². The molecule has 0 N–H and O–H groups in total. The average Bonchev–Trinajstić information content (AvgIpc) is 2.19. The number of halogens is 1. The van der Waals surface area contributed by atoms with Crippen molar-refractivity contribution in [2.45, 2.75) is 6.42 Å². The SMILES string of the molecule is N#Cc1ncc(C#CCCCl)cn1. The maximum Gasteiger partial charge on any atom is 0.232 e. The fourth-order valence-corrected chi connectivity index (χ4v) is 0.757. The Hall–Kier alpha value is -1.58. The molecule has 1 aromatic heterocycles. The van der Waals surface area contributed by atoms with Gasteiger partial charge in [-0.15, -0.1) is 11.6 Å². The van der Waals surface area contributed by atoms with E-state index in [1.165, 1.54) is 12.4 Å². The van der Waals surface area contributed by atoms with Crippen molar-refractivity contribution in [3.8, 4) is 17.9 Å². The monoisotopic (exact) mass is 191 g/mol. The van der Waals surface area contributed by atoms with Gasteiger partial charge in [-0.1, -0.05) is 11.8 Å². The van der Waals surface area contributed by atoms with Gasteiger partial charge in [-0.25, -0.2) is 9.97 Å². The predicted octanol–water partition coefficient (Wildman–Crippen LogP) is 1.33. The molecule has 64 valence electrons. The first-order valence-corrected chi connectivity index (χ1v) is 4.17. The third kappa shape index (κ3) is 3.11. The van der Waals surface area contributed by atoms with Crippen LogP contribution in [0.5, 0.6) is 0 Å². The second-order valence-electron chi connectivity index (χ2n) is 2.15. The van der Waals surface area contributed by atoms with Gasteiger partial charge in [0.1, 0.15) is 6.07 Å². The van der Waals surface area contributed by atoms with Crippen molar-refractivity contribution < 1.29 is 0 Å². The van der Waals surface area contributed by atoms with E-state index >= 15 is 0 Å². The Balaban J connectivity index is 2.72. The van der Waals surface area contributed by atoms with Crippen molar-refractivity contribution in [1.29, 1.82) is 5.26 Å². The predicted molar refractivity (Wildman–Crippen MR) is 49.0 cm³/mol. The van der Waals surface area contributed by atoms with E-state index in [1.807, 2.05) is 6.07 Å². The summed E-state index contributed by atoms with van der Waals surface area (Å²) in [5.41, 5.74) is 0.698. The van der Waals surface area contributed by atoms with Gasteiger partial charge in [-0.2, -0.15) is 5.26 Å². The van der Waals surface area contributed by atoms with Crippen LogP contribution in [0.1, 0.15) is 17.8 Å². The molecule has 0 unspecified atom stereocenters. The van der Waals surface area contributed by atoms with Crippen LogP contribution in [-0.4, -0.2) is 15.8 Å². The van der Waals surface area contributed by atoms with E-state index in [1.54, 1.807) is 0 Å². The first kappa shape index (κ1) is 9.51. The van der Waals surface area contributed by atoms with Crippen molar-refractivity contribution in [2.24, 2.45) is 0 Å². The lowest BCUT2D eigenvalue weighted by molar-refractivity contribution is 1.10. The minimum absolute atomic E-state index is 0.155. The van der Waals surface area contributed by atoms with Crippen LogP contribution in [0.15, 0.2) is 12.4 Å². The largest absolute Gasteiger partial charge is 0.232 e. The highest BCUT2D eigenvalue weighted by Crippen LogP contribution is 1.92. The molecule has 3 nitrogen and oxygen atoms in total. The molecule has 0 aliphatic rings. The Morgan fingerprint density at radius 1 is 1.38 bits per heavy atom. The molecule has 1 heterocycles. The maximum atomic E-state index is 8.41. The molecular formula is C9H6ClN3. The van der Waals surface area contributed by atoms with Crippen molar-refractivity contribution in [3.63, 3.8) is 0 Å². The Labute approximate surface area is 81.4 Å². The molecule has 4 heteroatoms. The highest BCUT2D eigenvalue weighted by molar-refractivity contribution is 6.18. The van der Waals surface area contributed by atoms with Crippen molar-refractivity contribution >= 4 is 11.6 Å². The molecule has 0 saturated heterocycles. The molecule has 0 spiro atoms. The van der Waals surface area contributed by atoms with Crippen LogP contribution in [0.4, 0.5) is 0 Å². The number of alkyl halides is 1. The molecular weight excluding hydrogens is 186 g/mol. The van der Waals surface area contributed by atoms with Gasteiger partial charge in [-0.05, 0) is 0 Å². The minimum Gasteiger partial charge on any atom is -0.226 e. The van der Waals surface area contributed by atoms with Gasteiger partial charge in [-0.3, -0.25) is 0 Å². The normalized spacial score (nSPS) is 8.31. The fraction of sp³-hybridized carbons (Fsp3) is 0.222. The number of nitrogens with zero attached hydrogens (tertiary/aromatic N) is 3. The lowest BCUT2D eigenvalue weighted by atomic mass is 10.3. The van der Waals surface area contributed by atoms with Crippen molar-refractivity contribution in [1.82, 2.24) is 9.97 Å². The summed E-state index contributed by atoms with van der Waals surface area (Å²) >= 11 is 5.44. The van der Waals surface area contributed by atoms with Crippen LogP contribution in [0.3, 0.4) is 0 Å². The number of nitriles is 1. The van der Waals surface area contributed by atoms with Crippen LogP contribution in [0.25, 0.3) is 0 Å². The summed E-state index contributed by atoms with van der Waals surface area (Å²) < 4.78 is 0. The van der Waals surface area contributed by atoms with E-state index in [4.69, 9.17) is 16.9 Å². The average molecular weight is 192 g/mol. The third-order valence-electron chi connectivity index (χ3n) is 1.20. The van der Waals surface area contributed by atoms with Crippen LogP contribution < -0.4 is 0 Å². The Morgan fingerprint density at radius 2 is 2.08 bits per heavy atom. The molecule has 0 bridgehead atoms. The molecule has 0 aliphatic carbocycles. The van der Waals surface area contributed by atoms with Gasteiger partial charge in [0.15, 0.2) is 0 Å². The number of aromatic nitrogens is 2. The van der Waals surface area contributed by atoms with E-state index in [0.717, 1.165) is 0 Å². The summed E-state index contributed by atoms with van der Waals surface area (Å²) in [4.78, 5) is 7.54. The second-order valence-corrected chi connectivity index (χ2v) is 2.53. The molecule has 1 rings (SSSR count). The zero-order chi connectivity index (χ0) is 9.52. The molecule has 13 heavy (non-hydrogen) atoms. The van der Waals surface area contributed by atoms with E-state index in [-0.39, 0.29) is 5.82 Å². The standard InChI is InChI=1S/C9H6ClN3/c10-4-2-1-3-8-6-12-9(5-11)13-7-8/h6-7H,2,4H2. The van der Waals surface area contributed by atoms with Crippen LogP contribution in [0.2, 0.25) is 0 Å². The molecule has 0 aromatic carbocycles.